The fraction of sp³-hybridized carbons (Fsp3) is 0.229. The minimum absolute atomic E-state index is 0.0963. The Labute approximate surface area is 249 Å². The van der Waals surface area contributed by atoms with Gasteiger partial charge in [0.15, 0.2) is 5.78 Å². The van der Waals surface area contributed by atoms with Crippen LogP contribution in [0, 0.1) is 18.2 Å². The summed E-state index contributed by atoms with van der Waals surface area (Å²) in [6.45, 7) is 6.01. The first-order valence-electron chi connectivity index (χ1n) is 14.2. The molecule has 0 saturated carbocycles. The van der Waals surface area contributed by atoms with Crippen molar-refractivity contribution in [2.75, 3.05) is 10.2 Å². The average molecular weight is 578 g/mol. The number of Topliss-reactive ketones (excluding diaryl/α,β-unsaturated/α-hetero) is 1. The van der Waals surface area contributed by atoms with E-state index in [4.69, 9.17) is 4.74 Å². The van der Waals surface area contributed by atoms with E-state index in [0.717, 1.165) is 5.56 Å². The number of allylic oxidation sites excluding steroid dienone is 1. The molecule has 0 saturated heterocycles. The Morgan fingerprint density at radius 1 is 1.05 bits per heavy atom. The van der Waals surface area contributed by atoms with E-state index >= 15 is 4.39 Å². The van der Waals surface area contributed by atoms with E-state index in [1.165, 1.54) is 17.0 Å². The van der Waals surface area contributed by atoms with Crippen LogP contribution in [-0.2, 0) is 11.4 Å². The summed E-state index contributed by atoms with van der Waals surface area (Å²) >= 11 is 0. The maximum absolute atomic E-state index is 16.3. The zero-order valence-corrected chi connectivity index (χ0v) is 24.2. The van der Waals surface area contributed by atoms with Crippen LogP contribution in [0.2, 0.25) is 0 Å². The van der Waals surface area contributed by atoms with Crippen LogP contribution < -0.4 is 15.0 Å². The molecule has 0 spiro atoms. The highest BCUT2D eigenvalue weighted by molar-refractivity contribution is 6.11. The molecule has 2 aliphatic rings. The second-order valence-electron chi connectivity index (χ2n) is 11.8. The lowest BCUT2D eigenvalue weighted by Gasteiger charge is -2.37. The second-order valence-corrected chi connectivity index (χ2v) is 11.8. The third kappa shape index (κ3) is 5.48. The van der Waals surface area contributed by atoms with E-state index < -0.39 is 17.8 Å². The quantitative estimate of drug-likeness (QED) is 0.243. The number of halogens is 1. The Morgan fingerprint density at radius 3 is 2.56 bits per heavy atom. The van der Waals surface area contributed by atoms with E-state index in [0.29, 0.717) is 29.2 Å². The molecule has 1 amide bonds. The molecule has 218 valence electrons. The predicted molar refractivity (Wildman–Crippen MR) is 162 cm³/mol. The standard InChI is InChI=1S/C35H32FN3O4/c1-21-9-7-12-26(37-21)34(42)39-28-13-8-14-29(40)32(28)38-27-18-35(2,3)19-30(41)31(27)33(39)24-16-15-23(17-25(24)36)43-20-22-10-5-4-6-11-22/h4-17,33,38,40H,18-20H2,1-3H3. The Balaban J connectivity index is 1.53. The molecule has 0 bridgehead atoms. The van der Waals surface area contributed by atoms with Crippen molar-refractivity contribution in [2.45, 2.75) is 46.3 Å². The summed E-state index contributed by atoms with van der Waals surface area (Å²) in [5, 5.41) is 14.2. The summed E-state index contributed by atoms with van der Waals surface area (Å²) in [5.41, 5.74) is 2.86. The first-order chi connectivity index (χ1) is 20.6. The summed E-state index contributed by atoms with van der Waals surface area (Å²) in [4.78, 5) is 34.2. The van der Waals surface area contributed by atoms with Gasteiger partial charge < -0.3 is 15.2 Å². The fourth-order valence-electron chi connectivity index (χ4n) is 5.91. The van der Waals surface area contributed by atoms with Crippen LogP contribution in [0.4, 0.5) is 15.8 Å². The maximum atomic E-state index is 16.3. The van der Waals surface area contributed by atoms with E-state index in [1.807, 2.05) is 44.2 Å². The molecule has 7 nitrogen and oxygen atoms in total. The van der Waals surface area contributed by atoms with Crippen LogP contribution in [0.3, 0.4) is 0 Å². The second kappa shape index (κ2) is 11.0. The monoisotopic (exact) mass is 577 g/mol. The number of nitrogens with zero attached hydrogens (tertiary/aromatic N) is 2. The molecule has 4 aromatic rings. The van der Waals surface area contributed by atoms with Gasteiger partial charge in [-0.25, -0.2) is 9.37 Å². The molecule has 1 aromatic heterocycles. The molecule has 1 aliphatic heterocycles. The number of anilines is 2. The number of aromatic hydroxyl groups is 1. The lowest BCUT2D eigenvalue weighted by atomic mass is 9.73. The molecule has 1 unspecified atom stereocenters. The number of amides is 1. The van der Waals surface area contributed by atoms with Gasteiger partial charge in [-0.1, -0.05) is 56.3 Å². The first kappa shape index (κ1) is 28.2. The van der Waals surface area contributed by atoms with Gasteiger partial charge in [-0.3, -0.25) is 14.5 Å². The van der Waals surface area contributed by atoms with E-state index in [-0.39, 0.29) is 52.5 Å². The Morgan fingerprint density at radius 2 is 1.81 bits per heavy atom. The molecular weight excluding hydrogens is 545 g/mol. The van der Waals surface area contributed by atoms with Crippen molar-refractivity contribution in [1.82, 2.24) is 4.98 Å². The number of benzene rings is 3. The van der Waals surface area contributed by atoms with Crippen LogP contribution in [0.25, 0.3) is 0 Å². The van der Waals surface area contributed by atoms with Gasteiger partial charge in [0.05, 0.1) is 11.7 Å². The molecule has 6 rings (SSSR count). The largest absolute Gasteiger partial charge is 0.506 e. The van der Waals surface area contributed by atoms with Gasteiger partial charge >= 0.3 is 0 Å². The van der Waals surface area contributed by atoms with Crippen molar-refractivity contribution in [3.8, 4) is 11.5 Å². The summed E-state index contributed by atoms with van der Waals surface area (Å²) in [6.07, 6.45) is 0.680. The summed E-state index contributed by atoms with van der Waals surface area (Å²) in [5.74, 6) is -1.13. The third-order valence-corrected chi connectivity index (χ3v) is 7.85. The number of phenolic OH excluding ortho intramolecular Hbond substituents is 1. The van der Waals surface area contributed by atoms with Gasteiger partial charge in [-0.05, 0) is 60.7 Å². The Kier molecular flexibility index (Phi) is 7.22. The number of carbonyl (C=O) groups excluding carboxylic acids is 2. The van der Waals surface area contributed by atoms with Crippen molar-refractivity contribution < 1.29 is 23.8 Å². The van der Waals surface area contributed by atoms with Crippen molar-refractivity contribution in [2.24, 2.45) is 5.41 Å². The first-order valence-corrected chi connectivity index (χ1v) is 14.2. The number of rotatable bonds is 5. The maximum Gasteiger partial charge on any atom is 0.277 e. The van der Waals surface area contributed by atoms with Gasteiger partial charge in [0.25, 0.3) is 5.91 Å². The van der Waals surface area contributed by atoms with E-state index in [2.05, 4.69) is 10.3 Å². The molecule has 0 fully saturated rings. The van der Waals surface area contributed by atoms with Crippen molar-refractivity contribution in [3.63, 3.8) is 0 Å². The topological polar surface area (TPSA) is 91.8 Å². The number of phenols is 1. The molecule has 2 heterocycles. The van der Waals surface area contributed by atoms with Crippen molar-refractivity contribution >= 4 is 23.1 Å². The number of carbonyl (C=O) groups is 2. The van der Waals surface area contributed by atoms with Crippen LogP contribution in [-0.4, -0.2) is 21.8 Å². The SMILES string of the molecule is Cc1cccc(C(=O)N2c3cccc(O)c3NC3=C(C(=O)CC(C)(C)C3)C2c2ccc(OCc3ccccc3)cc2F)n1. The highest BCUT2D eigenvalue weighted by Crippen LogP contribution is 2.51. The fourth-order valence-corrected chi connectivity index (χ4v) is 5.91. The molecule has 1 atom stereocenters. The highest BCUT2D eigenvalue weighted by Gasteiger charge is 2.45. The van der Waals surface area contributed by atoms with Crippen molar-refractivity contribution in [3.05, 3.63) is 125 Å². The van der Waals surface area contributed by atoms with Crippen LogP contribution in [0.5, 0.6) is 11.5 Å². The van der Waals surface area contributed by atoms with Gasteiger partial charge in [0.2, 0.25) is 0 Å². The van der Waals surface area contributed by atoms with Gasteiger partial charge in [-0.15, -0.1) is 0 Å². The number of fused-ring (bicyclic) bond motifs is 1. The molecule has 0 radical (unpaired) electrons. The summed E-state index contributed by atoms with van der Waals surface area (Å²) < 4.78 is 22.1. The molecule has 1 aliphatic carbocycles. The smallest absolute Gasteiger partial charge is 0.277 e. The summed E-state index contributed by atoms with van der Waals surface area (Å²) in [7, 11) is 0. The number of ketones is 1. The zero-order chi connectivity index (χ0) is 30.3. The zero-order valence-electron chi connectivity index (χ0n) is 24.2. The predicted octanol–water partition coefficient (Wildman–Crippen LogP) is 7.27. The number of hydrogen-bond donors (Lipinski definition) is 2. The minimum Gasteiger partial charge on any atom is -0.506 e. The average Bonchev–Trinajstić information content (AvgIpc) is 3.11. The molecule has 8 heteroatoms. The normalized spacial score (nSPS) is 17.4. The van der Waals surface area contributed by atoms with Crippen molar-refractivity contribution in [1.29, 1.82) is 0 Å². The van der Waals surface area contributed by atoms with E-state index in [1.54, 1.807) is 49.4 Å². The Bertz CT molecular complexity index is 1770. The van der Waals surface area contributed by atoms with Gasteiger partial charge in [0, 0.05) is 35.0 Å². The molecule has 2 N–H and O–H groups in total. The minimum atomic E-state index is -1.13. The molecular formula is C35H32FN3O4. The van der Waals surface area contributed by atoms with Gasteiger partial charge in [0.1, 0.15) is 35.3 Å². The number of aryl methyl sites for hydroxylation is 1. The van der Waals surface area contributed by atoms with Crippen LogP contribution >= 0.6 is 0 Å². The number of aromatic nitrogens is 1. The third-order valence-electron chi connectivity index (χ3n) is 7.85. The lowest BCUT2D eigenvalue weighted by Crippen LogP contribution is -2.40. The summed E-state index contributed by atoms with van der Waals surface area (Å²) in [6, 6.07) is 22.8. The number of pyridine rings is 1. The van der Waals surface area contributed by atoms with Crippen LogP contribution in [0.1, 0.15) is 60.0 Å². The van der Waals surface area contributed by atoms with Crippen LogP contribution in [0.15, 0.2) is 96.2 Å². The number of hydrogen-bond acceptors (Lipinski definition) is 6. The molecule has 43 heavy (non-hydrogen) atoms. The number of para-hydroxylation sites is 1. The number of ether oxygens (including phenoxy) is 1. The highest BCUT2D eigenvalue weighted by atomic mass is 19.1. The van der Waals surface area contributed by atoms with E-state index in [9.17, 15) is 14.7 Å². The lowest BCUT2D eigenvalue weighted by molar-refractivity contribution is -0.118. The Hall–Kier alpha value is -4.98. The molecule has 3 aromatic carbocycles. The number of nitrogens with one attached hydrogen (secondary N) is 1. The van der Waals surface area contributed by atoms with Gasteiger partial charge in [-0.2, -0.15) is 0 Å².